The molecule has 4 aromatic rings. The largest absolute Gasteiger partial charge is 0.519 e. The highest BCUT2D eigenvalue weighted by molar-refractivity contribution is 6.29. The minimum absolute atomic E-state index is 0.00662. The molecule has 0 radical (unpaired) electrons. The molecule has 0 saturated heterocycles. The van der Waals surface area contributed by atoms with Gasteiger partial charge in [-0.05, 0) is 73.6 Å². The average molecular weight is 579 g/mol. The number of halogens is 2. The quantitative estimate of drug-likeness (QED) is 0.191. The van der Waals surface area contributed by atoms with Crippen molar-refractivity contribution in [1.29, 1.82) is 0 Å². The van der Waals surface area contributed by atoms with Gasteiger partial charge in [-0.1, -0.05) is 59.6 Å². The summed E-state index contributed by atoms with van der Waals surface area (Å²) >= 11 is 12.1. The number of carbonyl (C=O) groups excluding carboxylic acids is 1. The molecule has 11 heteroatoms. The minimum Gasteiger partial charge on any atom is -0.434 e. The van der Waals surface area contributed by atoms with E-state index in [1.54, 1.807) is 0 Å². The third-order valence-corrected chi connectivity index (χ3v) is 7.07. The van der Waals surface area contributed by atoms with E-state index in [4.69, 9.17) is 42.1 Å². The molecule has 0 bridgehead atoms. The Labute approximate surface area is 240 Å². The highest BCUT2D eigenvalue weighted by Crippen LogP contribution is 2.48. The molecule has 6 rings (SSSR count). The summed E-state index contributed by atoms with van der Waals surface area (Å²) in [4.78, 5) is 13.0. The molecule has 0 unspecified atom stereocenters. The Morgan fingerprint density at radius 3 is 1.52 bits per heavy atom. The fourth-order valence-corrected chi connectivity index (χ4v) is 4.70. The van der Waals surface area contributed by atoms with Crippen LogP contribution in [-0.2, 0) is 0 Å². The zero-order valence-corrected chi connectivity index (χ0v) is 23.2. The number of carbonyl (C=O) groups is 1. The zero-order valence-electron chi connectivity index (χ0n) is 21.7. The number of benzene rings is 2. The number of nitrogens with zero attached hydrogens (tertiary/aromatic N) is 4. The van der Waals surface area contributed by atoms with Crippen molar-refractivity contribution in [2.45, 2.75) is 51.4 Å². The van der Waals surface area contributed by atoms with E-state index in [2.05, 4.69) is 20.4 Å². The second-order valence-electron chi connectivity index (χ2n) is 9.87. The lowest BCUT2D eigenvalue weighted by atomic mass is 10.1. The lowest BCUT2D eigenvalue weighted by molar-refractivity contribution is 0.148. The van der Waals surface area contributed by atoms with Gasteiger partial charge in [0, 0.05) is 12.1 Å². The highest BCUT2D eigenvalue weighted by Gasteiger charge is 2.30. The van der Waals surface area contributed by atoms with Crippen molar-refractivity contribution in [3.05, 3.63) is 81.1 Å². The minimum atomic E-state index is -1.11. The molecule has 2 aromatic heterocycles. The molecule has 0 aliphatic heterocycles. The first kappa shape index (κ1) is 26.3. The molecule has 2 aromatic carbocycles. The van der Waals surface area contributed by atoms with Crippen LogP contribution in [0.5, 0.6) is 34.8 Å². The van der Waals surface area contributed by atoms with Crippen LogP contribution in [-0.4, -0.2) is 26.6 Å². The summed E-state index contributed by atoms with van der Waals surface area (Å²) in [6.45, 7) is 3.87. The molecule has 204 valence electrons. The Kier molecular flexibility index (Phi) is 7.16. The van der Waals surface area contributed by atoms with Gasteiger partial charge in [-0.2, -0.15) is 0 Å². The molecule has 2 aliphatic rings. The standard InChI is InChI=1S/C29H24Cl2N4O5/c1-15-5-3-7-19(17-9-10-17)25(15)39-27-21(13-23(30)32-34-27)37-29(36)38-22-14-24(31)33-35-28(22)40-26-16(2)6-4-8-20(26)18-11-12-18/h3-8,13-14,17-18H,9-12H2,1-2H3. The number of aromatic nitrogens is 4. The van der Waals surface area contributed by atoms with Gasteiger partial charge in [0.2, 0.25) is 11.5 Å². The summed E-state index contributed by atoms with van der Waals surface area (Å²) in [5.41, 5.74) is 3.95. The van der Waals surface area contributed by atoms with Crippen LogP contribution in [0.1, 0.15) is 59.8 Å². The van der Waals surface area contributed by atoms with E-state index in [0.717, 1.165) is 47.9 Å². The van der Waals surface area contributed by atoms with Crippen molar-refractivity contribution in [1.82, 2.24) is 20.4 Å². The summed E-state index contributed by atoms with van der Waals surface area (Å²) in [7, 11) is 0. The Morgan fingerprint density at radius 2 is 1.12 bits per heavy atom. The van der Waals surface area contributed by atoms with Crippen molar-refractivity contribution >= 4 is 29.4 Å². The number of para-hydroxylation sites is 2. The van der Waals surface area contributed by atoms with Gasteiger partial charge in [-0.3, -0.25) is 0 Å². The van der Waals surface area contributed by atoms with Gasteiger partial charge in [-0.15, -0.1) is 20.4 Å². The highest BCUT2D eigenvalue weighted by atomic mass is 35.5. The predicted molar refractivity (Wildman–Crippen MR) is 147 cm³/mol. The van der Waals surface area contributed by atoms with Crippen molar-refractivity contribution in [3.8, 4) is 34.8 Å². The van der Waals surface area contributed by atoms with Crippen LogP contribution >= 0.6 is 23.2 Å². The fraction of sp³-hybridized carbons (Fsp3) is 0.276. The van der Waals surface area contributed by atoms with E-state index in [0.29, 0.717) is 23.3 Å². The van der Waals surface area contributed by atoms with Gasteiger partial charge in [0.1, 0.15) is 11.5 Å². The SMILES string of the molecule is Cc1cccc(C2CC2)c1Oc1nnc(Cl)cc1OC(=O)Oc1cc(Cl)nnc1Oc1c(C)cccc1C1CC1. The summed E-state index contributed by atoms with van der Waals surface area (Å²) in [6, 6.07) is 14.5. The summed E-state index contributed by atoms with van der Waals surface area (Å²) in [5, 5.41) is 15.8. The molecule has 2 fully saturated rings. The van der Waals surface area contributed by atoms with Gasteiger partial charge >= 0.3 is 6.16 Å². The fourth-order valence-electron chi connectivity index (χ4n) is 4.42. The Morgan fingerprint density at radius 1 is 0.700 bits per heavy atom. The molecular weight excluding hydrogens is 555 g/mol. The van der Waals surface area contributed by atoms with E-state index < -0.39 is 6.16 Å². The number of ether oxygens (including phenoxy) is 4. The number of hydrogen-bond donors (Lipinski definition) is 0. The summed E-state index contributed by atoms with van der Waals surface area (Å²) in [6.07, 6.45) is 3.22. The van der Waals surface area contributed by atoms with Crippen LogP contribution in [0, 0.1) is 13.8 Å². The van der Waals surface area contributed by atoms with Crippen LogP contribution in [0.25, 0.3) is 0 Å². The topological polar surface area (TPSA) is 106 Å². The van der Waals surface area contributed by atoms with Crippen LogP contribution in [0.2, 0.25) is 10.3 Å². The van der Waals surface area contributed by atoms with Crippen molar-refractivity contribution in [2.75, 3.05) is 0 Å². The normalized spacial score (nSPS) is 14.5. The van der Waals surface area contributed by atoms with E-state index in [1.807, 2.05) is 50.2 Å². The molecular formula is C29H24Cl2N4O5. The average Bonchev–Trinajstić information content (AvgIpc) is 3.83. The summed E-state index contributed by atoms with van der Waals surface area (Å²) < 4.78 is 23.2. The van der Waals surface area contributed by atoms with E-state index in [9.17, 15) is 4.79 Å². The van der Waals surface area contributed by atoms with Crippen LogP contribution in [0.15, 0.2) is 48.5 Å². The molecule has 0 spiro atoms. The number of rotatable bonds is 8. The van der Waals surface area contributed by atoms with Crippen LogP contribution < -0.4 is 18.9 Å². The maximum absolute atomic E-state index is 13.0. The Hall–Kier alpha value is -3.95. The van der Waals surface area contributed by atoms with Gasteiger partial charge in [-0.25, -0.2) is 4.79 Å². The Bertz CT molecular complexity index is 1490. The molecule has 0 amide bonds. The molecule has 2 saturated carbocycles. The molecule has 2 aliphatic carbocycles. The zero-order chi connectivity index (χ0) is 27.8. The van der Waals surface area contributed by atoms with Crippen molar-refractivity contribution < 1.29 is 23.7 Å². The van der Waals surface area contributed by atoms with Crippen LogP contribution in [0.4, 0.5) is 4.79 Å². The second-order valence-corrected chi connectivity index (χ2v) is 10.6. The molecule has 2 heterocycles. The van der Waals surface area contributed by atoms with Crippen LogP contribution in [0.3, 0.4) is 0 Å². The third kappa shape index (κ3) is 5.80. The van der Waals surface area contributed by atoms with Crippen molar-refractivity contribution in [3.63, 3.8) is 0 Å². The number of hydrogen-bond acceptors (Lipinski definition) is 9. The first-order valence-electron chi connectivity index (χ1n) is 12.9. The second kappa shape index (κ2) is 10.9. The molecule has 0 N–H and O–H groups in total. The first-order chi connectivity index (χ1) is 19.4. The Balaban J connectivity index is 1.25. The van der Waals surface area contributed by atoms with E-state index in [-0.39, 0.29) is 33.6 Å². The smallest absolute Gasteiger partial charge is 0.434 e. The van der Waals surface area contributed by atoms with Crippen molar-refractivity contribution in [2.24, 2.45) is 0 Å². The maximum atomic E-state index is 13.0. The first-order valence-corrected chi connectivity index (χ1v) is 13.6. The molecule has 9 nitrogen and oxygen atoms in total. The summed E-state index contributed by atoms with van der Waals surface area (Å²) in [5.74, 6) is 1.92. The lowest BCUT2D eigenvalue weighted by Crippen LogP contribution is -2.16. The van der Waals surface area contributed by atoms with E-state index >= 15 is 0 Å². The monoisotopic (exact) mass is 578 g/mol. The predicted octanol–water partition coefficient (Wildman–Crippen LogP) is 8.11. The van der Waals surface area contributed by atoms with Gasteiger partial charge in [0.25, 0.3) is 11.8 Å². The number of aryl methyl sites for hydroxylation is 2. The maximum Gasteiger partial charge on any atom is 0.519 e. The van der Waals surface area contributed by atoms with E-state index in [1.165, 1.54) is 12.1 Å². The van der Waals surface area contributed by atoms with Gasteiger partial charge in [0.15, 0.2) is 10.3 Å². The van der Waals surface area contributed by atoms with Gasteiger partial charge < -0.3 is 18.9 Å². The third-order valence-electron chi connectivity index (χ3n) is 6.70. The molecule has 0 atom stereocenters. The lowest BCUT2D eigenvalue weighted by Gasteiger charge is -2.16. The van der Waals surface area contributed by atoms with Gasteiger partial charge in [0.05, 0.1) is 0 Å². The molecule has 40 heavy (non-hydrogen) atoms.